The fourth-order valence-electron chi connectivity index (χ4n) is 2.01. The Morgan fingerprint density at radius 3 is 2.72 bits per heavy atom. The quantitative estimate of drug-likeness (QED) is 0.392. The molecule has 0 bridgehead atoms. The maximum Gasteiger partial charge on any atom is 0.246 e. The van der Waals surface area contributed by atoms with E-state index in [4.69, 9.17) is 4.74 Å². The molecule has 1 heterocycles. The van der Waals surface area contributed by atoms with Gasteiger partial charge in [0.15, 0.2) is 0 Å². The number of aromatic nitrogens is 2. The lowest BCUT2D eigenvalue weighted by Crippen LogP contribution is -2.28. The van der Waals surface area contributed by atoms with Crippen LogP contribution in [0.1, 0.15) is 6.92 Å². The minimum absolute atomic E-state index is 0.527. The number of fused-ring (bicyclic) bond motifs is 2. The van der Waals surface area contributed by atoms with Crippen LogP contribution < -0.4 is 9.47 Å². The van der Waals surface area contributed by atoms with E-state index in [1.165, 1.54) is 0 Å². The highest BCUT2D eigenvalue weighted by atomic mass is 16.5. The average molecular weight is 240 g/mol. The summed E-state index contributed by atoms with van der Waals surface area (Å²) in [6.45, 7) is 2.49. The molecule has 3 rings (SSSR count). The molecule has 2 aromatic carbocycles. The van der Waals surface area contributed by atoms with Crippen molar-refractivity contribution >= 4 is 22.1 Å². The molecule has 0 aliphatic heterocycles. The smallest absolute Gasteiger partial charge is 0.246 e. The summed E-state index contributed by atoms with van der Waals surface area (Å²) in [5.74, 6) is 0.687. The highest BCUT2D eigenvalue weighted by molar-refractivity contribution is 5.82. The summed E-state index contributed by atoms with van der Waals surface area (Å²) in [6.07, 6.45) is 0. The standard InChI is InChI=1S/C14H12N2O2/c1-2-18-10-7-8-12-14(9-10)16(17)13-6-4-3-5-11(13)15-12/h3-9H,2H2,1H3. The molecule has 0 fully saturated rings. The third-order valence-corrected chi connectivity index (χ3v) is 2.82. The van der Waals surface area contributed by atoms with Gasteiger partial charge in [-0.15, -0.1) is 0 Å². The molecule has 90 valence electrons. The normalized spacial score (nSPS) is 10.9. The van der Waals surface area contributed by atoms with Crippen LogP contribution in [0.2, 0.25) is 0 Å². The Bertz CT molecular complexity index is 725. The van der Waals surface area contributed by atoms with Crippen LogP contribution in [0.25, 0.3) is 22.1 Å². The SMILES string of the molecule is CCOc1ccc2nc3ccccc3[n+]([O-])c2c1. The van der Waals surface area contributed by atoms with Gasteiger partial charge < -0.3 is 9.94 Å². The number of para-hydroxylation sites is 2. The monoisotopic (exact) mass is 240 g/mol. The molecule has 1 aromatic heterocycles. The molecule has 0 N–H and O–H groups in total. The summed E-state index contributed by atoms with van der Waals surface area (Å²) in [7, 11) is 0. The Kier molecular flexibility index (Phi) is 2.48. The summed E-state index contributed by atoms with van der Waals surface area (Å²) in [6, 6.07) is 12.7. The number of nitrogens with zero attached hydrogens (tertiary/aromatic N) is 2. The Labute approximate surface area is 104 Å². The van der Waals surface area contributed by atoms with Crippen LogP contribution in [0, 0.1) is 5.21 Å². The van der Waals surface area contributed by atoms with E-state index in [0.717, 1.165) is 4.73 Å². The van der Waals surface area contributed by atoms with E-state index >= 15 is 0 Å². The van der Waals surface area contributed by atoms with Crippen molar-refractivity contribution in [1.29, 1.82) is 0 Å². The number of hydrogen-bond donors (Lipinski definition) is 0. The van der Waals surface area contributed by atoms with Gasteiger partial charge in [-0.3, -0.25) is 0 Å². The van der Waals surface area contributed by atoms with Gasteiger partial charge in [0.05, 0.1) is 12.7 Å². The highest BCUT2D eigenvalue weighted by Gasteiger charge is 2.12. The predicted molar refractivity (Wildman–Crippen MR) is 69.4 cm³/mol. The summed E-state index contributed by atoms with van der Waals surface area (Å²) in [5.41, 5.74) is 2.47. The number of ether oxygens (including phenoxy) is 1. The number of rotatable bonds is 2. The number of hydrogen-bond acceptors (Lipinski definition) is 3. The van der Waals surface area contributed by atoms with Gasteiger partial charge >= 0.3 is 0 Å². The summed E-state index contributed by atoms with van der Waals surface area (Å²) >= 11 is 0. The van der Waals surface area contributed by atoms with Crippen LogP contribution in [-0.2, 0) is 0 Å². The molecule has 0 saturated carbocycles. The first kappa shape index (κ1) is 10.8. The molecule has 0 aliphatic rings. The first-order valence-electron chi connectivity index (χ1n) is 5.84. The van der Waals surface area contributed by atoms with Gasteiger partial charge in [-0.1, -0.05) is 12.1 Å². The van der Waals surface area contributed by atoms with Gasteiger partial charge in [0, 0.05) is 6.07 Å². The Morgan fingerprint density at radius 2 is 1.89 bits per heavy atom. The maximum absolute atomic E-state index is 12.3. The molecule has 0 saturated heterocycles. The van der Waals surface area contributed by atoms with E-state index in [-0.39, 0.29) is 0 Å². The molecule has 0 unspecified atom stereocenters. The van der Waals surface area contributed by atoms with Gasteiger partial charge in [-0.05, 0) is 25.1 Å². The molecular weight excluding hydrogens is 228 g/mol. The predicted octanol–water partition coefficient (Wildman–Crippen LogP) is 2.42. The molecule has 0 amide bonds. The molecular formula is C14H12N2O2. The third-order valence-electron chi connectivity index (χ3n) is 2.82. The molecule has 4 nitrogen and oxygen atoms in total. The van der Waals surface area contributed by atoms with Gasteiger partial charge in [-0.2, -0.15) is 4.73 Å². The third kappa shape index (κ3) is 1.62. The molecule has 0 atom stereocenters. The van der Waals surface area contributed by atoms with E-state index in [9.17, 15) is 5.21 Å². The molecule has 0 spiro atoms. The van der Waals surface area contributed by atoms with Gasteiger partial charge in [0.2, 0.25) is 11.0 Å². The Hall–Kier alpha value is -2.36. The van der Waals surface area contributed by atoms with Crippen LogP contribution in [-0.4, -0.2) is 11.6 Å². The Balaban J connectivity index is 2.34. The minimum atomic E-state index is 0.527. The van der Waals surface area contributed by atoms with Crippen LogP contribution in [0.15, 0.2) is 42.5 Å². The molecule has 4 heteroatoms. The first-order valence-corrected chi connectivity index (χ1v) is 5.84. The van der Waals surface area contributed by atoms with Crippen molar-refractivity contribution in [2.45, 2.75) is 6.92 Å². The molecule has 0 aliphatic carbocycles. The summed E-state index contributed by atoms with van der Waals surface area (Å²) in [4.78, 5) is 4.46. The van der Waals surface area contributed by atoms with Crippen LogP contribution in [0.5, 0.6) is 5.75 Å². The van der Waals surface area contributed by atoms with E-state index in [2.05, 4.69) is 4.98 Å². The van der Waals surface area contributed by atoms with Crippen molar-refractivity contribution in [3.05, 3.63) is 47.7 Å². The molecule has 18 heavy (non-hydrogen) atoms. The zero-order valence-corrected chi connectivity index (χ0v) is 9.96. The van der Waals surface area contributed by atoms with E-state index in [0.29, 0.717) is 34.4 Å². The van der Waals surface area contributed by atoms with Crippen LogP contribution in [0.4, 0.5) is 0 Å². The minimum Gasteiger partial charge on any atom is -0.618 e. The lowest BCUT2D eigenvalue weighted by Gasteiger charge is -2.07. The van der Waals surface area contributed by atoms with Crippen molar-refractivity contribution in [2.75, 3.05) is 6.61 Å². The fourth-order valence-corrected chi connectivity index (χ4v) is 2.01. The van der Waals surface area contributed by atoms with E-state index < -0.39 is 0 Å². The van der Waals surface area contributed by atoms with Crippen LogP contribution >= 0.6 is 0 Å². The first-order chi connectivity index (χ1) is 8.79. The largest absolute Gasteiger partial charge is 0.618 e. The Morgan fingerprint density at radius 1 is 1.11 bits per heavy atom. The van der Waals surface area contributed by atoms with Gasteiger partial charge in [-0.25, -0.2) is 4.98 Å². The van der Waals surface area contributed by atoms with Crippen molar-refractivity contribution < 1.29 is 9.47 Å². The van der Waals surface area contributed by atoms with Crippen molar-refractivity contribution in [1.82, 2.24) is 4.98 Å². The topological polar surface area (TPSA) is 49.1 Å². The number of benzene rings is 2. The second-order valence-electron chi connectivity index (χ2n) is 3.98. The lowest BCUT2D eigenvalue weighted by molar-refractivity contribution is -0.548. The van der Waals surface area contributed by atoms with Crippen molar-refractivity contribution in [2.24, 2.45) is 0 Å². The van der Waals surface area contributed by atoms with Crippen molar-refractivity contribution in [3.8, 4) is 5.75 Å². The van der Waals surface area contributed by atoms with E-state index in [1.807, 2.05) is 31.2 Å². The summed E-state index contributed by atoms with van der Waals surface area (Å²) in [5, 5.41) is 12.3. The van der Waals surface area contributed by atoms with Crippen LogP contribution in [0.3, 0.4) is 0 Å². The second kappa shape index (κ2) is 4.14. The zero-order valence-electron chi connectivity index (χ0n) is 9.96. The second-order valence-corrected chi connectivity index (χ2v) is 3.98. The summed E-state index contributed by atoms with van der Waals surface area (Å²) < 4.78 is 6.30. The average Bonchev–Trinajstić information content (AvgIpc) is 2.40. The molecule has 3 aromatic rings. The fraction of sp³-hybridized carbons (Fsp3) is 0.143. The lowest BCUT2D eigenvalue weighted by atomic mass is 10.2. The molecule has 0 radical (unpaired) electrons. The van der Waals surface area contributed by atoms with Gasteiger partial charge in [0.1, 0.15) is 16.8 Å². The zero-order chi connectivity index (χ0) is 12.5. The van der Waals surface area contributed by atoms with Crippen molar-refractivity contribution in [3.63, 3.8) is 0 Å². The van der Waals surface area contributed by atoms with E-state index in [1.54, 1.807) is 18.2 Å². The highest BCUT2D eigenvalue weighted by Crippen LogP contribution is 2.19. The maximum atomic E-state index is 12.3. The van der Waals surface area contributed by atoms with Gasteiger partial charge in [0.25, 0.3) is 0 Å².